The number of ketones is 1. The Balaban J connectivity index is 1.71. The van der Waals surface area contributed by atoms with Crippen molar-refractivity contribution in [3.05, 3.63) is 12.2 Å². The van der Waals surface area contributed by atoms with Gasteiger partial charge in [-0.05, 0) is 18.8 Å². The van der Waals surface area contributed by atoms with Crippen LogP contribution in [0.25, 0.3) is 0 Å². The van der Waals surface area contributed by atoms with Crippen molar-refractivity contribution in [2.45, 2.75) is 45.0 Å². The lowest BCUT2D eigenvalue weighted by atomic mass is 9.54. The van der Waals surface area contributed by atoms with E-state index in [1.165, 1.54) is 0 Å². The van der Waals surface area contributed by atoms with Gasteiger partial charge in [0.05, 0.1) is 6.10 Å². The molecule has 2 aliphatic carbocycles. The standard InChI is InChI=1S/C15H18O4/c1-6-8-4-9-7(2)11(16)12-13(19-12)15(9,3)5-10(8)18-14(6)17/h7-10,12-13H,1,4-5H2,2-3H3. The van der Waals surface area contributed by atoms with Gasteiger partial charge in [-0.25, -0.2) is 4.79 Å². The molecule has 0 aromatic heterocycles. The lowest BCUT2D eigenvalue weighted by molar-refractivity contribution is -0.145. The third-order valence-corrected chi connectivity index (χ3v) is 5.89. The Kier molecular flexibility index (Phi) is 2.02. The number of esters is 1. The SMILES string of the molecule is C=C1C(=O)OC2CC3(C)C(CC12)C(C)C(=O)C1OC13. The molecule has 19 heavy (non-hydrogen) atoms. The molecule has 2 aliphatic heterocycles. The molecule has 2 heterocycles. The maximum Gasteiger partial charge on any atom is 0.334 e. The van der Waals surface area contributed by atoms with Gasteiger partial charge < -0.3 is 9.47 Å². The number of hydrogen-bond donors (Lipinski definition) is 0. The van der Waals surface area contributed by atoms with Crippen molar-refractivity contribution >= 4 is 11.8 Å². The van der Waals surface area contributed by atoms with E-state index in [1.54, 1.807) is 0 Å². The van der Waals surface area contributed by atoms with Gasteiger partial charge in [0.15, 0.2) is 5.78 Å². The van der Waals surface area contributed by atoms with Gasteiger partial charge in [-0.2, -0.15) is 0 Å². The molecule has 0 amide bonds. The van der Waals surface area contributed by atoms with Crippen LogP contribution in [-0.4, -0.2) is 30.1 Å². The first-order valence-electron chi connectivity index (χ1n) is 7.02. The molecule has 0 aromatic rings. The molecule has 2 saturated heterocycles. The summed E-state index contributed by atoms with van der Waals surface area (Å²) < 4.78 is 11.1. The molecular weight excluding hydrogens is 244 g/mol. The Hall–Kier alpha value is -1.16. The molecular formula is C15H18O4. The summed E-state index contributed by atoms with van der Waals surface area (Å²) in [6, 6.07) is 0. The smallest absolute Gasteiger partial charge is 0.334 e. The number of carbonyl (C=O) groups is 2. The highest BCUT2D eigenvalue weighted by Crippen LogP contribution is 2.61. The van der Waals surface area contributed by atoms with Crippen molar-refractivity contribution in [1.29, 1.82) is 0 Å². The highest BCUT2D eigenvalue weighted by atomic mass is 16.6. The van der Waals surface area contributed by atoms with Crippen molar-refractivity contribution in [3.8, 4) is 0 Å². The van der Waals surface area contributed by atoms with Gasteiger partial charge >= 0.3 is 5.97 Å². The zero-order valence-corrected chi connectivity index (χ0v) is 11.2. The number of ether oxygens (including phenoxy) is 2. The van der Waals surface area contributed by atoms with Crippen molar-refractivity contribution in [2.75, 3.05) is 0 Å². The molecule has 4 aliphatic rings. The maximum atomic E-state index is 12.2. The fraction of sp³-hybridized carbons (Fsp3) is 0.733. The van der Waals surface area contributed by atoms with Gasteiger partial charge in [-0.3, -0.25) is 4.79 Å². The molecule has 0 aromatic carbocycles. The summed E-state index contributed by atoms with van der Waals surface area (Å²) in [7, 11) is 0. The van der Waals surface area contributed by atoms with Gasteiger partial charge in [0, 0.05) is 22.8 Å². The van der Waals surface area contributed by atoms with Gasteiger partial charge in [-0.1, -0.05) is 20.4 Å². The van der Waals surface area contributed by atoms with Crippen molar-refractivity contribution in [3.63, 3.8) is 0 Å². The van der Waals surface area contributed by atoms with Crippen LogP contribution in [0.3, 0.4) is 0 Å². The zero-order valence-electron chi connectivity index (χ0n) is 11.2. The van der Waals surface area contributed by atoms with Crippen molar-refractivity contribution in [2.24, 2.45) is 23.2 Å². The first kappa shape index (κ1) is 11.6. The second-order valence-electron chi connectivity index (χ2n) is 6.80. The monoisotopic (exact) mass is 262 g/mol. The fourth-order valence-electron chi connectivity index (χ4n) is 4.67. The minimum atomic E-state index is -0.260. The van der Waals surface area contributed by atoms with Crippen LogP contribution in [-0.2, 0) is 19.1 Å². The Morgan fingerprint density at radius 2 is 2.11 bits per heavy atom. The second-order valence-corrected chi connectivity index (χ2v) is 6.80. The fourth-order valence-corrected chi connectivity index (χ4v) is 4.67. The van der Waals surface area contributed by atoms with Gasteiger partial charge in [-0.15, -0.1) is 0 Å². The summed E-state index contributed by atoms with van der Waals surface area (Å²) in [5.41, 5.74) is 0.551. The van der Waals surface area contributed by atoms with E-state index >= 15 is 0 Å². The number of fused-ring (bicyclic) bond motifs is 4. The summed E-state index contributed by atoms with van der Waals surface area (Å²) in [5.74, 6) is 0.358. The van der Waals surface area contributed by atoms with Crippen molar-refractivity contribution in [1.82, 2.24) is 0 Å². The van der Waals surface area contributed by atoms with Crippen LogP contribution in [0, 0.1) is 23.2 Å². The number of hydrogen-bond acceptors (Lipinski definition) is 4. The predicted octanol–water partition coefficient (Wildman–Crippen LogP) is 1.49. The van der Waals surface area contributed by atoms with Crippen LogP contribution in [0.1, 0.15) is 26.7 Å². The summed E-state index contributed by atoms with van der Waals surface area (Å²) in [4.78, 5) is 23.8. The maximum absolute atomic E-state index is 12.2. The van der Waals surface area contributed by atoms with Crippen LogP contribution in [0.2, 0.25) is 0 Å². The zero-order chi connectivity index (χ0) is 13.5. The number of epoxide rings is 1. The van der Waals surface area contributed by atoms with Gasteiger partial charge in [0.1, 0.15) is 12.2 Å². The normalized spacial score (nSPS) is 55.2. The molecule has 0 radical (unpaired) electrons. The van der Waals surface area contributed by atoms with E-state index in [9.17, 15) is 9.59 Å². The highest BCUT2D eigenvalue weighted by Gasteiger charge is 2.68. The predicted molar refractivity (Wildman–Crippen MR) is 66.2 cm³/mol. The molecule has 7 unspecified atom stereocenters. The third-order valence-electron chi connectivity index (χ3n) is 5.89. The van der Waals surface area contributed by atoms with Crippen LogP contribution in [0.4, 0.5) is 0 Å². The largest absolute Gasteiger partial charge is 0.458 e. The molecule has 0 spiro atoms. The van der Waals surface area contributed by atoms with E-state index in [-0.39, 0.29) is 53.2 Å². The molecule has 4 rings (SSSR count). The Labute approximate surface area is 112 Å². The Morgan fingerprint density at radius 3 is 2.84 bits per heavy atom. The lowest BCUT2D eigenvalue weighted by Gasteiger charge is -2.48. The summed E-state index contributed by atoms with van der Waals surface area (Å²) in [6.07, 6.45) is 1.39. The summed E-state index contributed by atoms with van der Waals surface area (Å²) in [5, 5.41) is 0. The topological polar surface area (TPSA) is 55.9 Å². The van der Waals surface area contributed by atoms with E-state index in [0.29, 0.717) is 5.57 Å². The van der Waals surface area contributed by atoms with Crippen LogP contribution in [0.15, 0.2) is 12.2 Å². The Morgan fingerprint density at radius 1 is 1.37 bits per heavy atom. The van der Waals surface area contributed by atoms with Crippen molar-refractivity contribution < 1.29 is 19.1 Å². The Bertz CT molecular complexity index is 510. The molecule has 4 heteroatoms. The lowest BCUT2D eigenvalue weighted by Crippen LogP contribution is -2.52. The third kappa shape index (κ3) is 1.28. The summed E-state index contributed by atoms with van der Waals surface area (Å²) >= 11 is 0. The first-order valence-corrected chi connectivity index (χ1v) is 7.02. The average Bonchev–Trinajstić information content (AvgIpc) is 3.12. The van der Waals surface area contributed by atoms with Gasteiger partial charge in [0.25, 0.3) is 0 Å². The summed E-state index contributed by atoms with van der Waals surface area (Å²) in [6.45, 7) is 8.06. The van der Waals surface area contributed by atoms with E-state index in [0.717, 1.165) is 12.8 Å². The minimum Gasteiger partial charge on any atom is -0.458 e. The van der Waals surface area contributed by atoms with Crippen LogP contribution < -0.4 is 0 Å². The first-order chi connectivity index (χ1) is 8.93. The molecule has 4 fully saturated rings. The number of carbonyl (C=O) groups excluding carboxylic acids is 2. The molecule has 7 atom stereocenters. The van der Waals surface area contributed by atoms with E-state index in [4.69, 9.17) is 9.47 Å². The van der Waals surface area contributed by atoms with E-state index in [1.807, 2.05) is 6.92 Å². The molecule has 0 N–H and O–H groups in total. The number of Topliss-reactive ketones (excluding diaryl/α,β-unsaturated/α-hetero) is 1. The molecule has 2 saturated carbocycles. The molecule has 0 bridgehead atoms. The quantitative estimate of drug-likeness (QED) is 0.377. The molecule has 102 valence electrons. The molecule has 4 nitrogen and oxygen atoms in total. The highest BCUT2D eigenvalue weighted by molar-refractivity contribution is 5.92. The van der Waals surface area contributed by atoms with E-state index in [2.05, 4.69) is 13.5 Å². The average molecular weight is 262 g/mol. The minimum absolute atomic E-state index is 0.0122. The van der Waals surface area contributed by atoms with Gasteiger partial charge in [0.2, 0.25) is 0 Å². The van der Waals surface area contributed by atoms with Crippen LogP contribution in [0.5, 0.6) is 0 Å². The number of rotatable bonds is 0. The second kappa shape index (κ2) is 3.29. The van der Waals surface area contributed by atoms with Crippen LogP contribution >= 0.6 is 0 Å². The van der Waals surface area contributed by atoms with E-state index < -0.39 is 0 Å².